The zero-order chi connectivity index (χ0) is 17.5. The molecule has 0 unspecified atom stereocenters. The maximum absolute atomic E-state index is 13.0. The molecular weight excluding hydrogens is 357 g/mol. The van der Waals surface area contributed by atoms with E-state index in [0.29, 0.717) is 23.3 Å². The Morgan fingerprint density at radius 1 is 1.50 bits per heavy atom. The highest BCUT2D eigenvalue weighted by molar-refractivity contribution is 7.99. The maximum atomic E-state index is 13.0. The molecule has 2 rings (SSSR count). The maximum Gasteiger partial charge on any atom is 0.316 e. The van der Waals surface area contributed by atoms with Crippen molar-refractivity contribution >= 4 is 29.3 Å². The minimum absolute atomic E-state index is 0.0883. The molecule has 9 heteroatoms. The third-order valence-corrected chi connectivity index (χ3v) is 4.14. The van der Waals surface area contributed by atoms with Gasteiger partial charge in [-0.3, -0.25) is 9.36 Å². The number of ether oxygens (including phenoxy) is 2. The number of nitrogens with zero attached hydrogens (tertiary/aromatic N) is 3. The fraction of sp³-hybridized carbons (Fsp3) is 0.267. The van der Waals surface area contributed by atoms with Crippen molar-refractivity contribution < 1.29 is 18.7 Å². The molecule has 24 heavy (non-hydrogen) atoms. The molecule has 0 fully saturated rings. The number of carbonyl (C=O) groups is 1. The zero-order valence-electron chi connectivity index (χ0n) is 12.9. The van der Waals surface area contributed by atoms with Crippen LogP contribution in [0.2, 0.25) is 5.02 Å². The van der Waals surface area contributed by atoms with E-state index in [4.69, 9.17) is 16.3 Å². The summed E-state index contributed by atoms with van der Waals surface area (Å²) in [4.78, 5) is 11.2. The lowest BCUT2D eigenvalue weighted by Crippen LogP contribution is -2.09. The first-order valence-electron chi connectivity index (χ1n) is 6.85. The van der Waals surface area contributed by atoms with Gasteiger partial charge in [-0.15, -0.1) is 16.8 Å². The molecule has 0 aliphatic heterocycles. The fourth-order valence-corrected chi connectivity index (χ4v) is 2.78. The van der Waals surface area contributed by atoms with E-state index in [9.17, 15) is 9.18 Å². The average Bonchev–Trinajstić information content (AvgIpc) is 2.94. The Hall–Kier alpha value is -2.06. The molecule has 0 aliphatic carbocycles. The molecule has 0 N–H and O–H groups in total. The minimum Gasteiger partial charge on any atom is -0.484 e. The van der Waals surface area contributed by atoms with Gasteiger partial charge < -0.3 is 9.47 Å². The van der Waals surface area contributed by atoms with Crippen LogP contribution in [0.1, 0.15) is 5.82 Å². The highest BCUT2D eigenvalue weighted by Gasteiger charge is 2.14. The Bertz CT molecular complexity index is 739. The summed E-state index contributed by atoms with van der Waals surface area (Å²) < 4.78 is 25.0. The second-order valence-corrected chi connectivity index (χ2v) is 5.88. The summed E-state index contributed by atoms with van der Waals surface area (Å²) in [5.41, 5.74) is 0. The molecule has 6 nitrogen and oxygen atoms in total. The first-order valence-corrected chi connectivity index (χ1v) is 8.22. The summed E-state index contributed by atoms with van der Waals surface area (Å²) in [6.07, 6.45) is 1.68. The second-order valence-electron chi connectivity index (χ2n) is 4.53. The Morgan fingerprint density at radius 3 is 2.96 bits per heavy atom. The second kappa shape index (κ2) is 8.70. The standard InChI is InChI=1S/C15H15ClFN3O3S/c1-3-6-20-13(18-19-15(20)24-9-14(21)22-2)8-23-12-5-4-10(17)7-11(12)16/h3-5,7H,1,6,8-9H2,2H3. The number of halogens is 2. The number of carbonyl (C=O) groups excluding carboxylic acids is 1. The van der Waals surface area contributed by atoms with Gasteiger partial charge >= 0.3 is 5.97 Å². The smallest absolute Gasteiger partial charge is 0.316 e. The van der Waals surface area contributed by atoms with Gasteiger partial charge in [0, 0.05) is 6.54 Å². The molecule has 0 amide bonds. The zero-order valence-corrected chi connectivity index (χ0v) is 14.4. The number of aromatic nitrogens is 3. The van der Waals surface area contributed by atoms with E-state index in [2.05, 4.69) is 21.5 Å². The lowest BCUT2D eigenvalue weighted by Gasteiger charge is -2.10. The highest BCUT2D eigenvalue weighted by Crippen LogP contribution is 2.26. The number of rotatable bonds is 8. The van der Waals surface area contributed by atoms with Crippen molar-refractivity contribution in [3.05, 3.63) is 47.5 Å². The van der Waals surface area contributed by atoms with E-state index in [1.807, 2.05) is 0 Å². The van der Waals surface area contributed by atoms with Crippen LogP contribution in [0.3, 0.4) is 0 Å². The summed E-state index contributed by atoms with van der Waals surface area (Å²) >= 11 is 7.13. The molecule has 1 heterocycles. The van der Waals surface area contributed by atoms with E-state index in [1.54, 1.807) is 10.6 Å². The largest absolute Gasteiger partial charge is 0.484 e. The van der Waals surface area contributed by atoms with Crippen LogP contribution in [-0.4, -0.2) is 33.6 Å². The molecule has 0 spiro atoms. The van der Waals surface area contributed by atoms with E-state index in [0.717, 1.165) is 0 Å². The fourth-order valence-electron chi connectivity index (χ4n) is 1.76. The molecule has 0 bridgehead atoms. The van der Waals surface area contributed by atoms with Crippen molar-refractivity contribution in [2.45, 2.75) is 18.3 Å². The number of methoxy groups -OCH3 is 1. The number of thioether (sulfide) groups is 1. The molecule has 128 valence electrons. The first kappa shape index (κ1) is 18.3. The van der Waals surface area contributed by atoms with Gasteiger partial charge in [-0.05, 0) is 18.2 Å². The first-order chi connectivity index (χ1) is 11.5. The predicted octanol–water partition coefficient (Wildman–Crippen LogP) is 3.10. The summed E-state index contributed by atoms with van der Waals surface area (Å²) in [6.45, 7) is 4.23. The summed E-state index contributed by atoms with van der Waals surface area (Å²) in [7, 11) is 1.32. The lowest BCUT2D eigenvalue weighted by molar-refractivity contribution is -0.137. The van der Waals surface area contributed by atoms with Crippen LogP contribution >= 0.6 is 23.4 Å². The van der Waals surface area contributed by atoms with Crippen LogP contribution in [-0.2, 0) is 22.7 Å². The van der Waals surface area contributed by atoms with Gasteiger partial charge in [-0.1, -0.05) is 29.4 Å². The van der Waals surface area contributed by atoms with Gasteiger partial charge in [0.1, 0.15) is 18.2 Å². The molecule has 0 atom stereocenters. The Labute approximate surface area is 147 Å². The van der Waals surface area contributed by atoms with Gasteiger partial charge in [-0.25, -0.2) is 4.39 Å². The van der Waals surface area contributed by atoms with Crippen molar-refractivity contribution in [2.24, 2.45) is 0 Å². The molecule has 1 aromatic heterocycles. The number of esters is 1. The van der Waals surface area contributed by atoms with Crippen LogP contribution in [0.15, 0.2) is 36.0 Å². The summed E-state index contributed by atoms with van der Waals surface area (Å²) in [5, 5.41) is 8.80. The predicted molar refractivity (Wildman–Crippen MR) is 88.7 cm³/mol. The number of hydrogen-bond donors (Lipinski definition) is 0. The molecule has 0 saturated carbocycles. The Kier molecular flexibility index (Phi) is 6.62. The van der Waals surface area contributed by atoms with Crippen LogP contribution in [0, 0.1) is 5.82 Å². The van der Waals surface area contributed by atoms with E-state index < -0.39 is 5.82 Å². The molecular formula is C15H15ClFN3O3S. The van der Waals surface area contributed by atoms with Crippen LogP contribution in [0.25, 0.3) is 0 Å². The van der Waals surface area contributed by atoms with Crippen molar-refractivity contribution in [1.82, 2.24) is 14.8 Å². The molecule has 1 aromatic carbocycles. The quantitative estimate of drug-likeness (QED) is 0.403. The van der Waals surface area contributed by atoms with Crippen molar-refractivity contribution in [1.29, 1.82) is 0 Å². The Balaban J connectivity index is 2.10. The molecule has 0 radical (unpaired) electrons. The van der Waals surface area contributed by atoms with Gasteiger partial charge in [0.25, 0.3) is 0 Å². The molecule has 0 saturated heterocycles. The van der Waals surface area contributed by atoms with E-state index in [1.165, 1.54) is 37.1 Å². The topological polar surface area (TPSA) is 66.2 Å². The van der Waals surface area contributed by atoms with E-state index >= 15 is 0 Å². The van der Waals surface area contributed by atoms with E-state index in [-0.39, 0.29) is 23.4 Å². The van der Waals surface area contributed by atoms with Crippen molar-refractivity contribution in [2.75, 3.05) is 12.9 Å². The SMILES string of the molecule is C=CCn1c(COc2ccc(F)cc2Cl)nnc1SCC(=O)OC. The third-order valence-electron chi connectivity index (χ3n) is 2.90. The van der Waals surface area contributed by atoms with Crippen molar-refractivity contribution in [3.8, 4) is 5.75 Å². The van der Waals surface area contributed by atoms with Crippen LogP contribution in [0.5, 0.6) is 5.75 Å². The van der Waals surface area contributed by atoms with Gasteiger partial charge in [-0.2, -0.15) is 0 Å². The van der Waals surface area contributed by atoms with Gasteiger partial charge in [0.15, 0.2) is 11.0 Å². The molecule has 0 aliphatic rings. The minimum atomic E-state index is -0.441. The van der Waals surface area contributed by atoms with Crippen LogP contribution in [0.4, 0.5) is 4.39 Å². The van der Waals surface area contributed by atoms with Gasteiger partial charge in [0.2, 0.25) is 0 Å². The lowest BCUT2D eigenvalue weighted by atomic mass is 10.3. The molecule has 2 aromatic rings. The van der Waals surface area contributed by atoms with Gasteiger partial charge in [0.05, 0.1) is 17.9 Å². The summed E-state index contributed by atoms with van der Waals surface area (Å²) in [5.74, 6) is 0.196. The number of hydrogen-bond acceptors (Lipinski definition) is 6. The number of benzene rings is 1. The van der Waals surface area contributed by atoms with Crippen molar-refractivity contribution in [3.63, 3.8) is 0 Å². The monoisotopic (exact) mass is 371 g/mol. The number of allylic oxidation sites excluding steroid dienone is 1. The Morgan fingerprint density at radius 2 is 2.29 bits per heavy atom. The highest BCUT2D eigenvalue weighted by atomic mass is 35.5. The summed E-state index contributed by atoms with van der Waals surface area (Å²) in [6, 6.07) is 3.87. The average molecular weight is 372 g/mol. The third kappa shape index (κ3) is 4.72. The van der Waals surface area contributed by atoms with Crippen LogP contribution < -0.4 is 4.74 Å². The normalized spacial score (nSPS) is 10.5.